The van der Waals surface area contributed by atoms with Gasteiger partial charge in [-0.1, -0.05) is 29.8 Å². The minimum Gasteiger partial charge on any atom is -0.467 e. The van der Waals surface area contributed by atoms with Gasteiger partial charge in [0.05, 0.1) is 13.3 Å². The Labute approximate surface area is 128 Å². The number of para-hydroxylation sites is 1. The van der Waals surface area contributed by atoms with Crippen molar-refractivity contribution in [1.82, 2.24) is 9.97 Å². The van der Waals surface area contributed by atoms with Crippen molar-refractivity contribution in [2.75, 3.05) is 17.7 Å². The van der Waals surface area contributed by atoms with Gasteiger partial charge >= 0.3 is 6.01 Å². The van der Waals surface area contributed by atoms with Crippen molar-refractivity contribution in [3.05, 3.63) is 41.0 Å². The summed E-state index contributed by atoms with van der Waals surface area (Å²) in [5, 5.41) is 0.525. The van der Waals surface area contributed by atoms with Crippen LogP contribution in [0.4, 0.5) is 11.5 Å². The third-order valence-corrected chi connectivity index (χ3v) is 3.81. The smallest absolute Gasteiger partial charge is 0.318 e. The normalized spacial score (nSPS) is 14.0. The van der Waals surface area contributed by atoms with E-state index in [2.05, 4.69) is 14.9 Å². The number of nitrogens with two attached hydrogens (primary N) is 1. The molecule has 1 heterocycles. The zero-order chi connectivity index (χ0) is 14.8. The molecule has 6 heteroatoms. The summed E-state index contributed by atoms with van der Waals surface area (Å²) < 4.78 is 5.10. The summed E-state index contributed by atoms with van der Waals surface area (Å²) in [6, 6.07) is 8.61. The molecule has 2 N–H and O–H groups in total. The number of methoxy groups -OCH3 is 1. The van der Waals surface area contributed by atoms with Gasteiger partial charge in [0.1, 0.15) is 5.02 Å². The lowest BCUT2D eigenvalue weighted by Gasteiger charge is -2.25. The van der Waals surface area contributed by atoms with E-state index in [0.717, 1.165) is 24.1 Å². The molecule has 0 atom stereocenters. The zero-order valence-electron chi connectivity index (χ0n) is 11.8. The average Bonchev–Trinajstić information content (AvgIpc) is 3.32. The second kappa shape index (κ2) is 5.77. The Morgan fingerprint density at radius 2 is 2.14 bits per heavy atom. The molecule has 0 amide bonds. The Hall–Kier alpha value is -2.01. The Morgan fingerprint density at radius 1 is 1.38 bits per heavy atom. The van der Waals surface area contributed by atoms with E-state index in [1.54, 1.807) is 13.3 Å². The van der Waals surface area contributed by atoms with Gasteiger partial charge in [-0.15, -0.1) is 0 Å². The molecule has 1 aliphatic rings. The number of halogens is 1. The molecule has 0 aliphatic heterocycles. The van der Waals surface area contributed by atoms with Gasteiger partial charge in [-0.05, 0) is 24.5 Å². The number of benzene rings is 1. The fourth-order valence-electron chi connectivity index (χ4n) is 2.27. The molecule has 0 radical (unpaired) electrons. The van der Waals surface area contributed by atoms with E-state index in [1.165, 1.54) is 0 Å². The van der Waals surface area contributed by atoms with Crippen LogP contribution in [0.3, 0.4) is 0 Å². The predicted octanol–water partition coefficient (Wildman–Crippen LogP) is 2.89. The highest BCUT2D eigenvalue weighted by Gasteiger charge is 2.32. The van der Waals surface area contributed by atoms with Gasteiger partial charge in [-0.3, -0.25) is 0 Å². The largest absolute Gasteiger partial charge is 0.467 e. The third kappa shape index (κ3) is 3.03. The van der Waals surface area contributed by atoms with E-state index in [1.807, 2.05) is 24.3 Å². The van der Waals surface area contributed by atoms with Gasteiger partial charge < -0.3 is 15.4 Å². The van der Waals surface area contributed by atoms with Crippen LogP contribution in [0.2, 0.25) is 5.02 Å². The quantitative estimate of drug-likeness (QED) is 0.861. The first-order valence-corrected chi connectivity index (χ1v) is 7.23. The summed E-state index contributed by atoms with van der Waals surface area (Å²) in [4.78, 5) is 10.6. The van der Waals surface area contributed by atoms with Gasteiger partial charge in [-0.25, -0.2) is 4.98 Å². The summed E-state index contributed by atoms with van der Waals surface area (Å²) in [5.41, 5.74) is 7.89. The lowest BCUT2D eigenvalue weighted by Crippen LogP contribution is -2.27. The minimum atomic E-state index is 0.320. The fraction of sp³-hybridized carbons (Fsp3) is 0.333. The Kier molecular flexibility index (Phi) is 3.84. The Bertz CT molecular complexity index is 645. The molecule has 1 aromatic carbocycles. The fourth-order valence-corrected chi connectivity index (χ4v) is 2.47. The number of rotatable bonds is 5. The standard InChI is InChI=1S/C15H17ClN4O/c1-21-15-18-8-12(16)14(19-15)20(11-6-7-11)9-10-4-2-3-5-13(10)17/h2-5,8,11H,6-7,9,17H2,1H3. The Morgan fingerprint density at radius 3 is 2.81 bits per heavy atom. The molecule has 1 aliphatic carbocycles. The number of anilines is 2. The molecule has 1 fully saturated rings. The molecule has 0 spiro atoms. The molecule has 1 aromatic heterocycles. The van der Waals surface area contributed by atoms with Gasteiger partial charge in [0.15, 0.2) is 5.82 Å². The highest BCUT2D eigenvalue weighted by Crippen LogP contribution is 2.36. The molecule has 0 bridgehead atoms. The van der Waals surface area contributed by atoms with Gasteiger partial charge in [-0.2, -0.15) is 4.98 Å². The number of nitrogen functional groups attached to an aromatic ring is 1. The van der Waals surface area contributed by atoms with Crippen LogP contribution in [0, 0.1) is 0 Å². The van der Waals surface area contributed by atoms with Crippen LogP contribution >= 0.6 is 11.6 Å². The number of aromatic nitrogens is 2. The van der Waals surface area contributed by atoms with Crippen molar-refractivity contribution in [3.63, 3.8) is 0 Å². The maximum absolute atomic E-state index is 6.27. The highest BCUT2D eigenvalue weighted by molar-refractivity contribution is 6.32. The molecular formula is C15H17ClN4O. The second-order valence-corrected chi connectivity index (χ2v) is 5.49. The van der Waals surface area contributed by atoms with Crippen molar-refractivity contribution in [3.8, 4) is 6.01 Å². The van der Waals surface area contributed by atoms with E-state index in [4.69, 9.17) is 22.1 Å². The number of hydrogen-bond donors (Lipinski definition) is 1. The van der Waals surface area contributed by atoms with Gasteiger partial charge in [0.25, 0.3) is 0 Å². The van der Waals surface area contributed by atoms with E-state index in [9.17, 15) is 0 Å². The van der Waals surface area contributed by atoms with E-state index in [-0.39, 0.29) is 0 Å². The minimum absolute atomic E-state index is 0.320. The van der Waals surface area contributed by atoms with Crippen molar-refractivity contribution >= 4 is 23.1 Å². The summed E-state index contributed by atoms with van der Waals surface area (Å²) >= 11 is 6.27. The lowest BCUT2D eigenvalue weighted by atomic mass is 10.1. The van der Waals surface area contributed by atoms with Crippen molar-refractivity contribution < 1.29 is 4.74 Å². The molecule has 0 saturated heterocycles. The highest BCUT2D eigenvalue weighted by atomic mass is 35.5. The molecule has 3 rings (SSSR count). The van der Waals surface area contributed by atoms with Crippen LogP contribution < -0.4 is 15.4 Å². The first-order chi connectivity index (χ1) is 10.2. The van der Waals surface area contributed by atoms with E-state index >= 15 is 0 Å². The summed E-state index contributed by atoms with van der Waals surface area (Å²) in [5.74, 6) is 0.703. The maximum Gasteiger partial charge on any atom is 0.318 e. The number of ether oxygens (including phenoxy) is 1. The van der Waals surface area contributed by atoms with Crippen molar-refractivity contribution in [2.45, 2.75) is 25.4 Å². The number of nitrogens with zero attached hydrogens (tertiary/aromatic N) is 3. The van der Waals surface area contributed by atoms with Crippen molar-refractivity contribution in [2.24, 2.45) is 0 Å². The topological polar surface area (TPSA) is 64.3 Å². The Balaban J connectivity index is 1.94. The first-order valence-electron chi connectivity index (χ1n) is 6.85. The first kappa shape index (κ1) is 13.9. The van der Waals surface area contributed by atoms with Crippen molar-refractivity contribution in [1.29, 1.82) is 0 Å². The van der Waals surface area contributed by atoms with Gasteiger partial charge in [0.2, 0.25) is 0 Å². The summed E-state index contributed by atoms with van der Waals surface area (Å²) in [7, 11) is 1.55. The average molecular weight is 305 g/mol. The molecule has 0 unspecified atom stereocenters. The third-order valence-electron chi connectivity index (χ3n) is 3.54. The molecule has 2 aromatic rings. The number of hydrogen-bond acceptors (Lipinski definition) is 5. The van der Waals surface area contributed by atoms with Crippen LogP contribution in [-0.4, -0.2) is 23.1 Å². The molecule has 1 saturated carbocycles. The zero-order valence-corrected chi connectivity index (χ0v) is 12.5. The lowest BCUT2D eigenvalue weighted by molar-refractivity contribution is 0.379. The summed E-state index contributed by atoms with van der Waals surface area (Å²) in [6.07, 6.45) is 3.84. The monoisotopic (exact) mass is 304 g/mol. The van der Waals surface area contributed by atoms with E-state index < -0.39 is 0 Å². The van der Waals surface area contributed by atoms with Crippen LogP contribution in [0.5, 0.6) is 6.01 Å². The van der Waals surface area contributed by atoms with Crippen LogP contribution in [0.25, 0.3) is 0 Å². The second-order valence-electron chi connectivity index (χ2n) is 5.09. The van der Waals surface area contributed by atoms with Crippen LogP contribution in [-0.2, 0) is 6.54 Å². The van der Waals surface area contributed by atoms with E-state index in [0.29, 0.717) is 29.4 Å². The maximum atomic E-state index is 6.27. The molecule has 5 nitrogen and oxygen atoms in total. The van der Waals surface area contributed by atoms with Crippen LogP contribution in [0.15, 0.2) is 30.5 Å². The predicted molar refractivity (Wildman–Crippen MR) is 83.7 cm³/mol. The van der Waals surface area contributed by atoms with Gasteiger partial charge in [0, 0.05) is 18.3 Å². The summed E-state index contributed by atoms with van der Waals surface area (Å²) in [6.45, 7) is 0.678. The SMILES string of the molecule is COc1ncc(Cl)c(N(Cc2ccccc2N)C2CC2)n1. The van der Waals surface area contributed by atoms with Crippen LogP contribution in [0.1, 0.15) is 18.4 Å². The molecule has 110 valence electrons. The molecular weight excluding hydrogens is 288 g/mol. The molecule has 21 heavy (non-hydrogen) atoms.